The molecule has 1 amide bonds. The van der Waals surface area contributed by atoms with E-state index in [1.54, 1.807) is 31.4 Å². The number of hydrogen-bond donors (Lipinski definition) is 1. The smallest absolute Gasteiger partial charge is 0.283 e. The summed E-state index contributed by atoms with van der Waals surface area (Å²) < 4.78 is 17.1. The van der Waals surface area contributed by atoms with Crippen LogP contribution in [0, 0.1) is 19.3 Å². The summed E-state index contributed by atoms with van der Waals surface area (Å²) in [5.41, 5.74) is 3.12. The fourth-order valence-electron chi connectivity index (χ4n) is 3.41. The van der Waals surface area contributed by atoms with Crippen LogP contribution in [-0.4, -0.2) is 47.3 Å². The molecule has 0 fully saturated rings. The number of nitrogens with one attached hydrogen (secondary N) is 1. The molecule has 2 heterocycles. The second-order valence-electron chi connectivity index (χ2n) is 7.52. The van der Waals surface area contributed by atoms with Crippen molar-refractivity contribution < 1.29 is 19.0 Å². The Bertz CT molecular complexity index is 1220. The number of carbonyl (C=O) groups excluding carboxylic acids is 1. The normalized spacial score (nSPS) is 16.5. The molecule has 1 N–H and O–H groups in total. The van der Waals surface area contributed by atoms with Gasteiger partial charge >= 0.3 is 0 Å². The lowest BCUT2D eigenvalue weighted by Gasteiger charge is -2.20. The Morgan fingerprint density at radius 2 is 1.76 bits per heavy atom. The lowest BCUT2D eigenvalue weighted by Crippen LogP contribution is -2.35. The third-order valence-corrected chi connectivity index (χ3v) is 5.81. The average molecular weight is 465 g/mol. The number of hydrogen-bond acceptors (Lipinski definition) is 7. The first kappa shape index (κ1) is 22.6. The summed E-state index contributed by atoms with van der Waals surface area (Å²) in [7, 11) is 1.55. The van der Waals surface area contributed by atoms with Crippen LogP contribution in [0.15, 0.2) is 52.1 Å². The SMILES string of the molecule is COc1cc(/C=C2/C(=N)N3N=C(C)SC3=NC2=O)ccc1OCCOc1ccc(C)cc1C. The molecule has 33 heavy (non-hydrogen) atoms. The Labute approximate surface area is 196 Å². The molecule has 0 atom stereocenters. The molecule has 4 rings (SSSR count). The highest BCUT2D eigenvalue weighted by Gasteiger charge is 2.34. The van der Waals surface area contributed by atoms with Gasteiger partial charge in [0.2, 0.25) is 5.17 Å². The van der Waals surface area contributed by atoms with Crippen LogP contribution in [0.1, 0.15) is 23.6 Å². The summed E-state index contributed by atoms with van der Waals surface area (Å²) in [5.74, 6) is 1.44. The van der Waals surface area contributed by atoms with Gasteiger partial charge in [-0.3, -0.25) is 10.2 Å². The first-order chi connectivity index (χ1) is 15.9. The van der Waals surface area contributed by atoms with Gasteiger partial charge in [0.15, 0.2) is 17.3 Å². The van der Waals surface area contributed by atoms with Crippen molar-refractivity contribution in [3.63, 3.8) is 0 Å². The summed E-state index contributed by atoms with van der Waals surface area (Å²) in [6.45, 7) is 6.60. The highest BCUT2D eigenvalue weighted by Crippen LogP contribution is 2.31. The van der Waals surface area contributed by atoms with Crippen molar-refractivity contribution in [2.75, 3.05) is 20.3 Å². The molecule has 2 aromatic carbocycles. The standard InChI is InChI=1S/C24H24N4O4S/c1-14-5-7-19(15(2)11-14)31-9-10-32-20-8-6-17(13-21(20)30-4)12-18-22(25)28-24(26-23(18)29)33-16(3)27-28/h5-8,11-13,25H,9-10H2,1-4H3/b18-12-,25-22?. The van der Waals surface area contributed by atoms with Crippen molar-refractivity contribution in [2.24, 2.45) is 10.1 Å². The zero-order valence-corrected chi connectivity index (χ0v) is 19.7. The quantitative estimate of drug-likeness (QED) is 0.482. The third kappa shape index (κ3) is 4.93. The summed E-state index contributed by atoms with van der Waals surface area (Å²) in [6.07, 6.45) is 1.61. The Morgan fingerprint density at radius 1 is 1.03 bits per heavy atom. The van der Waals surface area contributed by atoms with Crippen molar-refractivity contribution in [3.8, 4) is 17.2 Å². The minimum absolute atomic E-state index is 0.00260. The number of ether oxygens (including phenoxy) is 3. The number of fused-ring (bicyclic) bond motifs is 1. The van der Waals surface area contributed by atoms with E-state index >= 15 is 0 Å². The number of aryl methyl sites for hydroxylation is 2. The van der Waals surface area contributed by atoms with Crippen molar-refractivity contribution in [1.29, 1.82) is 5.41 Å². The van der Waals surface area contributed by atoms with Gasteiger partial charge < -0.3 is 14.2 Å². The van der Waals surface area contributed by atoms with Crippen LogP contribution < -0.4 is 14.2 Å². The summed E-state index contributed by atoms with van der Waals surface area (Å²) >= 11 is 1.27. The van der Waals surface area contributed by atoms with E-state index in [1.165, 1.54) is 22.3 Å². The van der Waals surface area contributed by atoms with Gasteiger partial charge in [-0.25, -0.2) is 0 Å². The average Bonchev–Trinajstić information content (AvgIpc) is 3.16. The summed E-state index contributed by atoms with van der Waals surface area (Å²) in [4.78, 5) is 16.5. The van der Waals surface area contributed by atoms with Gasteiger partial charge in [0, 0.05) is 0 Å². The monoisotopic (exact) mass is 464 g/mol. The van der Waals surface area contributed by atoms with Crippen LogP contribution in [0.4, 0.5) is 0 Å². The van der Waals surface area contributed by atoms with E-state index in [1.807, 2.05) is 32.9 Å². The molecule has 0 unspecified atom stereocenters. The minimum atomic E-state index is -0.466. The molecule has 170 valence electrons. The number of hydrazone groups is 1. The molecule has 2 aliphatic rings. The molecule has 0 aliphatic carbocycles. The number of aliphatic imine (C=N–C) groups is 1. The van der Waals surface area contributed by atoms with Gasteiger partial charge in [-0.05, 0) is 67.9 Å². The highest BCUT2D eigenvalue weighted by atomic mass is 32.2. The Balaban J connectivity index is 1.43. The van der Waals surface area contributed by atoms with Crippen molar-refractivity contribution >= 4 is 39.8 Å². The molecular formula is C24H24N4O4S. The maximum absolute atomic E-state index is 12.5. The molecule has 8 nitrogen and oxygen atoms in total. The summed E-state index contributed by atoms with van der Waals surface area (Å²) in [6, 6.07) is 11.4. The number of methoxy groups -OCH3 is 1. The van der Waals surface area contributed by atoms with Crippen LogP contribution in [0.3, 0.4) is 0 Å². The molecule has 0 radical (unpaired) electrons. The van der Waals surface area contributed by atoms with Crippen LogP contribution in [0.25, 0.3) is 6.08 Å². The van der Waals surface area contributed by atoms with Crippen LogP contribution in [0.5, 0.6) is 17.2 Å². The number of rotatable bonds is 7. The van der Waals surface area contributed by atoms with E-state index in [-0.39, 0.29) is 11.4 Å². The minimum Gasteiger partial charge on any atom is -0.493 e. The number of amides is 1. The van der Waals surface area contributed by atoms with E-state index in [2.05, 4.69) is 16.2 Å². The number of amidine groups is 2. The first-order valence-electron chi connectivity index (χ1n) is 10.3. The lowest BCUT2D eigenvalue weighted by atomic mass is 10.1. The van der Waals surface area contributed by atoms with E-state index < -0.39 is 5.91 Å². The molecule has 2 aromatic rings. The Hall–Kier alpha value is -3.59. The fraction of sp³-hybridized carbons (Fsp3) is 0.250. The predicted molar refractivity (Wildman–Crippen MR) is 131 cm³/mol. The largest absolute Gasteiger partial charge is 0.493 e. The molecule has 0 saturated heterocycles. The molecule has 0 saturated carbocycles. The van der Waals surface area contributed by atoms with Gasteiger partial charge in [-0.15, -0.1) is 0 Å². The van der Waals surface area contributed by atoms with E-state index in [0.717, 1.165) is 16.4 Å². The zero-order chi connectivity index (χ0) is 23.5. The van der Waals surface area contributed by atoms with Crippen molar-refractivity contribution in [3.05, 3.63) is 58.7 Å². The molecule has 9 heteroatoms. The van der Waals surface area contributed by atoms with Gasteiger partial charge in [0.1, 0.15) is 19.0 Å². The van der Waals surface area contributed by atoms with Gasteiger partial charge in [-0.2, -0.15) is 15.1 Å². The zero-order valence-electron chi connectivity index (χ0n) is 18.8. The second-order valence-corrected chi connectivity index (χ2v) is 8.68. The van der Waals surface area contributed by atoms with E-state index in [4.69, 9.17) is 19.6 Å². The van der Waals surface area contributed by atoms with Crippen molar-refractivity contribution in [2.45, 2.75) is 20.8 Å². The lowest BCUT2D eigenvalue weighted by molar-refractivity contribution is -0.114. The topological polar surface area (TPSA) is 96.6 Å². The van der Waals surface area contributed by atoms with Crippen LogP contribution in [0.2, 0.25) is 0 Å². The third-order valence-electron chi connectivity index (χ3n) is 4.98. The Kier molecular flexibility index (Phi) is 6.50. The summed E-state index contributed by atoms with van der Waals surface area (Å²) in [5, 5.41) is 15.1. The van der Waals surface area contributed by atoms with Crippen LogP contribution in [-0.2, 0) is 4.79 Å². The van der Waals surface area contributed by atoms with E-state index in [9.17, 15) is 4.79 Å². The molecular weight excluding hydrogens is 440 g/mol. The molecule has 0 spiro atoms. The number of carbonyl (C=O) groups is 1. The molecule has 2 aliphatic heterocycles. The Morgan fingerprint density at radius 3 is 2.48 bits per heavy atom. The molecule has 0 bridgehead atoms. The number of benzene rings is 2. The maximum Gasteiger partial charge on any atom is 0.283 e. The maximum atomic E-state index is 12.5. The van der Waals surface area contributed by atoms with E-state index in [0.29, 0.717) is 35.4 Å². The van der Waals surface area contributed by atoms with Gasteiger partial charge in [0.25, 0.3) is 5.91 Å². The predicted octanol–water partition coefficient (Wildman–Crippen LogP) is 4.41. The highest BCUT2D eigenvalue weighted by molar-refractivity contribution is 8.26. The first-order valence-corrected chi connectivity index (χ1v) is 11.1. The fourth-order valence-corrected chi connectivity index (χ4v) is 4.15. The van der Waals surface area contributed by atoms with Gasteiger partial charge in [-0.1, -0.05) is 23.8 Å². The molecule has 0 aromatic heterocycles. The van der Waals surface area contributed by atoms with Crippen LogP contribution >= 0.6 is 11.8 Å². The van der Waals surface area contributed by atoms with Crippen molar-refractivity contribution in [1.82, 2.24) is 5.01 Å². The second kappa shape index (κ2) is 9.50. The van der Waals surface area contributed by atoms with Gasteiger partial charge in [0.05, 0.1) is 17.7 Å². The number of thioether (sulfide) groups is 1. The number of nitrogens with zero attached hydrogens (tertiary/aromatic N) is 3.